The van der Waals surface area contributed by atoms with Crippen molar-refractivity contribution in [2.24, 2.45) is 0 Å². The number of piperazine rings is 1. The quantitative estimate of drug-likeness (QED) is 0.566. The van der Waals surface area contributed by atoms with E-state index in [1.807, 2.05) is 12.1 Å². The van der Waals surface area contributed by atoms with Crippen LogP contribution in [0.4, 0.5) is 13.2 Å². The minimum Gasteiger partial charge on any atom is -0.336 e. The fraction of sp³-hybridized carbons (Fsp3) is 0.435. The second-order valence-electron chi connectivity index (χ2n) is 8.22. The van der Waals surface area contributed by atoms with Gasteiger partial charge in [0.15, 0.2) is 17.5 Å². The number of rotatable bonds is 7. The topological polar surface area (TPSA) is 60.9 Å². The van der Waals surface area contributed by atoms with E-state index >= 15 is 0 Å². The summed E-state index contributed by atoms with van der Waals surface area (Å²) in [4.78, 5) is 15.8. The minimum atomic E-state index is -4.36. The molecule has 0 bridgehead atoms. The van der Waals surface area contributed by atoms with Crippen molar-refractivity contribution in [3.63, 3.8) is 0 Å². The zero-order valence-electron chi connectivity index (χ0n) is 18.9. The van der Waals surface area contributed by atoms with E-state index in [2.05, 4.69) is 25.7 Å². The molecule has 2 aromatic rings. The van der Waals surface area contributed by atoms with Gasteiger partial charge in [0.25, 0.3) is 5.91 Å². The molecule has 0 radical (unpaired) electrons. The van der Waals surface area contributed by atoms with E-state index in [0.717, 1.165) is 23.0 Å². The number of hydrogen-bond donors (Lipinski definition) is 0. The van der Waals surface area contributed by atoms with Crippen molar-refractivity contribution in [2.75, 3.05) is 32.7 Å². The number of sulfonamides is 1. The van der Waals surface area contributed by atoms with Crippen LogP contribution in [0.5, 0.6) is 0 Å². The van der Waals surface area contributed by atoms with Gasteiger partial charge in [0.2, 0.25) is 10.0 Å². The Morgan fingerprint density at radius 3 is 2.12 bits per heavy atom. The van der Waals surface area contributed by atoms with E-state index in [-0.39, 0.29) is 32.1 Å². The predicted octanol–water partition coefficient (Wildman–Crippen LogP) is 3.48. The first-order valence-corrected chi connectivity index (χ1v) is 12.3. The molecular weight excluding hydrogens is 455 g/mol. The smallest absolute Gasteiger partial charge is 0.253 e. The molecular formula is C23H28F3N3O3S. The first kappa shape index (κ1) is 25.2. The molecule has 1 aliphatic heterocycles. The zero-order valence-corrected chi connectivity index (χ0v) is 19.7. The summed E-state index contributed by atoms with van der Waals surface area (Å²) < 4.78 is 67.1. The molecule has 0 unspecified atom stereocenters. The Hall–Kier alpha value is -2.43. The molecule has 0 atom stereocenters. The highest BCUT2D eigenvalue weighted by Crippen LogP contribution is 2.24. The molecule has 1 aliphatic rings. The fourth-order valence-electron chi connectivity index (χ4n) is 3.81. The van der Waals surface area contributed by atoms with E-state index in [4.69, 9.17) is 0 Å². The summed E-state index contributed by atoms with van der Waals surface area (Å²) in [6.07, 6.45) is 0. The van der Waals surface area contributed by atoms with Gasteiger partial charge in [-0.3, -0.25) is 9.69 Å². The van der Waals surface area contributed by atoms with Gasteiger partial charge in [-0.1, -0.05) is 19.1 Å². The summed E-state index contributed by atoms with van der Waals surface area (Å²) in [7, 11) is -4.36. The first-order valence-electron chi connectivity index (χ1n) is 10.8. The zero-order chi connectivity index (χ0) is 24.3. The first-order chi connectivity index (χ1) is 15.6. The fourth-order valence-corrected chi connectivity index (χ4v) is 5.29. The average Bonchev–Trinajstić information content (AvgIpc) is 2.80. The maximum absolute atomic E-state index is 14.0. The molecule has 10 heteroatoms. The summed E-state index contributed by atoms with van der Waals surface area (Å²) in [5.74, 6) is -5.26. The van der Waals surface area contributed by atoms with Crippen LogP contribution >= 0.6 is 0 Å². The van der Waals surface area contributed by atoms with Gasteiger partial charge in [-0.05, 0) is 50.2 Å². The monoisotopic (exact) mass is 483 g/mol. The van der Waals surface area contributed by atoms with Crippen LogP contribution in [0.2, 0.25) is 0 Å². The second kappa shape index (κ2) is 10.2. The third kappa shape index (κ3) is 5.39. The van der Waals surface area contributed by atoms with Crippen LogP contribution in [0, 0.1) is 17.5 Å². The van der Waals surface area contributed by atoms with Crippen LogP contribution < -0.4 is 0 Å². The lowest BCUT2D eigenvalue weighted by Gasteiger charge is -2.34. The highest BCUT2D eigenvalue weighted by atomic mass is 32.2. The van der Waals surface area contributed by atoms with Gasteiger partial charge in [-0.25, -0.2) is 21.6 Å². The van der Waals surface area contributed by atoms with Crippen molar-refractivity contribution >= 4 is 15.9 Å². The maximum Gasteiger partial charge on any atom is 0.253 e. The normalized spacial score (nSPS) is 15.5. The van der Waals surface area contributed by atoms with Crippen molar-refractivity contribution in [2.45, 2.75) is 38.3 Å². The van der Waals surface area contributed by atoms with Gasteiger partial charge in [0.1, 0.15) is 4.90 Å². The number of hydrogen-bond acceptors (Lipinski definition) is 4. The summed E-state index contributed by atoms with van der Waals surface area (Å²) in [5.41, 5.74) is 1.58. The number of halogens is 3. The summed E-state index contributed by atoms with van der Waals surface area (Å²) in [5, 5.41) is 0. The molecule has 3 rings (SSSR count). The molecule has 1 amide bonds. The van der Waals surface area contributed by atoms with Crippen LogP contribution in [0.3, 0.4) is 0 Å². The highest BCUT2D eigenvalue weighted by molar-refractivity contribution is 7.89. The summed E-state index contributed by atoms with van der Waals surface area (Å²) in [6, 6.07) is 9.02. The maximum atomic E-state index is 14.0. The lowest BCUT2D eigenvalue weighted by molar-refractivity contribution is 0.0697. The Labute approximate surface area is 192 Å². The van der Waals surface area contributed by atoms with E-state index < -0.39 is 32.4 Å². The summed E-state index contributed by atoms with van der Waals surface area (Å²) in [6.45, 7) is 8.09. The Kier molecular flexibility index (Phi) is 7.81. The summed E-state index contributed by atoms with van der Waals surface area (Å²) >= 11 is 0. The second-order valence-corrected chi connectivity index (χ2v) is 10.1. The van der Waals surface area contributed by atoms with Crippen molar-refractivity contribution in [3.05, 3.63) is 65.0 Å². The van der Waals surface area contributed by atoms with Crippen molar-refractivity contribution in [3.8, 4) is 0 Å². The third-order valence-corrected chi connectivity index (χ3v) is 7.78. The van der Waals surface area contributed by atoms with Gasteiger partial charge in [0.05, 0.1) is 0 Å². The Balaban J connectivity index is 1.65. The number of amides is 1. The van der Waals surface area contributed by atoms with Gasteiger partial charge in [-0.15, -0.1) is 0 Å². The Morgan fingerprint density at radius 2 is 1.58 bits per heavy atom. The van der Waals surface area contributed by atoms with Gasteiger partial charge in [0, 0.05) is 44.3 Å². The molecule has 0 spiro atoms. The third-order valence-electron chi connectivity index (χ3n) is 5.87. The van der Waals surface area contributed by atoms with Crippen LogP contribution in [-0.4, -0.2) is 67.2 Å². The largest absolute Gasteiger partial charge is 0.336 e. The van der Waals surface area contributed by atoms with Gasteiger partial charge in [-0.2, -0.15) is 4.31 Å². The molecule has 0 aromatic heterocycles. The SMILES string of the molecule is CCN(Cc1ccc(C(=O)N2CCN(S(=O)(=O)c3ccc(F)c(F)c3F)CC2)cc1)C(C)C. The predicted molar refractivity (Wildman–Crippen MR) is 119 cm³/mol. The lowest BCUT2D eigenvalue weighted by Crippen LogP contribution is -2.50. The van der Waals surface area contributed by atoms with E-state index in [0.29, 0.717) is 23.7 Å². The average molecular weight is 484 g/mol. The van der Waals surface area contributed by atoms with Crippen LogP contribution in [0.15, 0.2) is 41.3 Å². The van der Waals surface area contributed by atoms with Gasteiger partial charge < -0.3 is 4.90 Å². The number of carbonyl (C=O) groups excluding carboxylic acids is 1. The number of benzene rings is 2. The van der Waals surface area contributed by atoms with Crippen molar-refractivity contribution in [1.29, 1.82) is 0 Å². The molecule has 1 fully saturated rings. The Bertz CT molecular complexity index is 1100. The molecule has 1 saturated heterocycles. The molecule has 0 N–H and O–H groups in total. The van der Waals surface area contributed by atoms with Crippen molar-refractivity contribution < 1.29 is 26.4 Å². The molecule has 33 heavy (non-hydrogen) atoms. The molecule has 1 heterocycles. The van der Waals surface area contributed by atoms with Crippen LogP contribution in [0.1, 0.15) is 36.7 Å². The van der Waals surface area contributed by atoms with Crippen LogP contribution in [-0.2, 0) is 16.6 Å². The molecule has 0 saturated carbocycles. The molecule has 180 valence electrons. The number of nitrogens with zero attached hydrogens (tertiary/aromatic N) is 3. The van der Waals surface area contributed by atoms with E-state index in [1.165, 1.54) is 4.90 Å². The number of carbonyl (C=O) groups is 1. The van der Waals surface area contributed by atoms with Crippen molar-refractivity contribution in [1.82, 2.24) is 14.1 Å². The highest BCUT2D eigenvalue weighted by Gasteiger charge is 2.33. The van der Waals surface area contributed by atoms with E-state index in [9.17, 15) is 26.4 Å². The molecule has 6 nitrogen and oxygen atoms in total. The van der Waals surface area contributed by atoms with Gasteiger partial charge >= 0.3 is 0 Å². The molecule has 0 aliphatic carbocycles. The minimum absolute atomic E-state index is 0.0789. The Morgan fingerprint density at radius 1 is 0.970 bits per heavy atom. The van der Waals surface area contributed by atoms with E-state index in [1.54, 1.807) is 12.1 Å². The molecule has 2 aromatic carbocycles. The van der Waals surface area contributed by atoms with Crippen LogP contribution in [0.25, 0.3) is 0 Å². The lowest BCUT2D eigenvalue weighted by atomic mass is 10.1. The standard InChI is InChI=1S/C23H28F3N3O3S/c1-4-27(16(2)3)15-17-5-7-18(8-6-17)23(30)28-11-13-29(14-12-28)33(31,32)20-10-9-19(24)21(25)22(20)26/h5-10,16H,4,11-15H2,1-3H3.